The van der Waals surface area contributed by atoms with Crippen molar-refractivity contribution in [3.63, 3.8) is 0 Å². The topological polar surface area (TPSA) is 63.0 Å². The van der Waals surface area contributed by atoms with Gasteiger partial charge in [0.1, 0.15) is 17.5 Å². The van der Waals surface area contributed by atoms with E-state index in [1.165, 1.54) is 43.7 Å². The Morgan fingerprint density at radius 2 is 1.56 bits per heavy atom. The number of nitrogens with zero attached hydrogens (tertiary/aromatic N) is 7. The van der Waals surface area contributed by atoms with Gasteiger partial charge in [0.2, 0.25) is 0 Å². The molecule has 0 spiro atoms. The van der Waals surface area contributed by atoms with E-state index in [1.54, 1.807) is 0 Å². The minimum absolute atomic E-state index is 0.517. The number of aromatic nitrogens is 5. The summed E-state index contributed by atoms with van der Waals surface area (Å²) in [4.78, 5) is 13.6. The zero-order chi connectivity index (χ0) is 18.6. The molecule has 2 aromatic rings. The average molecular weight is 370 g/mol. The Morgan fingerprint density at radius 1 is 0.889 bits per heavy atom. The van der Waals surface area contributed by atoms with Crippen molar-refractivity contribution in [2.75, 3.05) is 26.2 Å². The molecule has 2 aliphatic heterocycles. The summed E-state index contributed by atoms with van der Waals surface area (Å²) in [5, 5.41) is 9.09. The van der Waals surface area contributed by atoms with Gasteiger partial charge in [0.15, 0.2) is 0 Å². The van der Waals surface area contributed by atoms with E-state index in [2.05, 4.69) is 41.6 Å². The van der Waals surface area contributed by atoms with Gasteiger partial charge in [-0.15, -0.1) is 10.2 Å². The van der Waals surface area contributed by atoms with E-state index in [9.17, 15) is 0 Å². The molecule has 4 heterocycles. The first-order valence-corrected chi connectivity index (χ1v) is 10.3. The Kier molecular flexibility index (Phi) is 5.78. The molecular formula is C20H31N7. The first-order valence-electron chi connectivity index (χ1n) is 10.3. The quantitative estimate of drug-likeness (QED) is 0.806. The van der Waals surface area contributed by atoms with E-state index in [0.29, 0.717) is 5.92 Å². The Labute approximate surface area is 161 Å². The summed E-state index contributed by atoms with van der Waals surface area (Å²) in [6.45, 7) is 8.38. The van der Waals surface area contributed by atoms with Crippen molar-refractivity contribution in [3.8, 4) is 0 Å². The van der Waals surface area contributed by atoms with Gasteiger partial charge in [-0.1, -0.05) is 6.42 Å². The summed E-state index contributed by atoms with van der Waals surface area (Å²) in [5.41, 5.74) is 1.20. The van der Waals surface area contributed by atoms with E-state index in [1.807, 2.05) is 19.3 Å². The van der Waals surface area contributed by atoms with E-state index in [-0.39, 0.29) is 0 Å². The molecule has 2 saturated heterocycles. The van der Waals surface area contributed by atoms with Gasteiger partial charge in [-0.25, -0.2) is 9.97 Å². The minimum atomic E-state index is 0.517. The van der Waals surface area contributed by atoms with Gasteiger partial charge in [-0.2, -0.15) is 0 Å². The molecule has 0 N–H and O–H groups in total. The largest absolute Gasteiger partial charge is 0.317 e. The van der Waals surface area contributed by atoms with Crippen molar-refractivity contribution >= 4 is 0 Å². The molecule has 27 heavy (non-hydrogen) atoms. The SMILES string of the molecule is Cc1ncc(CN2CCC(c3nnc(CN4CCCCC4)n3C)CC2)cn1. The maximum atomic E-state index is 4.57. The third kappa shape index (κ3) is 4.52. The number of piperidine rings is 2. The van der Waals surface area contributed by atoms with Crippen LogP contribution < -0.4 is 0 Å². The fourth-order valence-corrected chi connectivity index (χ4v) is 4.29. The third-order valence-corrected chi connectivity index (χ3v) is 6.01. The molecule has 4 rings (SSSR count). The Hall–Kier alpha value is -1.86. The molecule has 0 atom stereocenters. The second-order valence-electron chi connectivity index (χ2n) is 8.06. The standard InChI is InChI=1S/C20H31N7/c1-16-21-12-17(13-22-16)14-27-10-6-18(7-11-27)20-24-23-19(25(20)2)15-26-8-4-3-5-9-26/h12-13,18H,3-11,14-15H2,1-2H3. The fourth-order valence-electron chi connectivity index (χ4n) is 4.29. The highest BCUT2D eigenvalue weighted by Gasteiger charge is 2.26. The Bertz CT molecular complexity index is 725. The molecule has 0 unspecified atom stereocenters. The molecule has 0 aliphatic carbocycles. The average Bonchev–Trinajstić information content (AvgIpc) is 3.05. The molecule has 7 heteroatoms. The summed E-state index contributed by atoms with van der Waals surface area (Å²) in [6.07, 6.45) is 10.2. The van der Waals surface area contributed by atoms with Crippen molar-refractivity contribution in [2.24, 2.45) is 7.05 Å². The predicted octanol–water partition coefficient (Wildman–Crippen LogP) is 2.28. The van der Waals surface area contributed by atoms with Crippen molar-refractivity contribution in [1.82, 2.24) is 34.5 Å². The lowest BCUT2D eigenvalue weighted by atomic mass is 9.95. The second kappa shape index (κ2) is 8.44. The van der Waals surface area contributed by atoms with Gasteiger partial charge in [0.25, 0.3) is 0 Å². The predicted molar refractivity (Wildman–Crippen MR) is 104 cm³/mol. The van der Waals surface area contributed by atoms with Crippen LogP contribution in [0.3, 0.4) is 0 Å². The van der Waals surface area contributed by atoms with Gasteiger partial charge in [-0.3, -0.25) is 9.80 Å². The molecule has 146 valence electrons. The van der Waals surface area contributed by atoms with Gasteiger partial charge in [0, 0.05) is 37.5 Å². The molecule has 0 aromatic carbocycles. The van der Waals surface area contributed by atoms with Crippen molar-refractivity contribution in [3.05, 3.63) is 35.4 Å². The Morgan fingerprint density at radius 3 is 2.26 bits per heavy atom. The zero-order valence-corrected chi connectivity index (χ0v) is 16.6. The molecule has 7 nitrogen and oxygen atoms in total. The molecule has 0 saturated carbocycles. The van der Waals surface area contributed by atoms with Gasteiger partial charge < -0.3 is 4.57 Å². The second-order valence-corrected chi connectivity index (χ2v) is 8.06. The molecule has 0 amide bonds. The number of rotatable bonds is 5. The molecule has 2 aliphatic rings. The lowest BCUT2D eigenvalue weighted by molar-refractivity contribution is 0.199. The van der Waals surface area contributed by atoms with Gasteiger partial charge >= 0.3 is 0 Å². The molecule has 0 radical (unpaired) electrons. The number of likely N-dealkylation sites (tertiary alicyclic amines) is 2. The minimum Gasteiger partial charge on any atom is -0.317 e. The van der Waals surface area contributed by atoms with Crippen LogP contribution in [0.25, 0.3) is 0 Å². The van der Waals surface area contributed by atoms with Crippen molar-refractivity contribution in [1.29, 1.82) is 0 Å². The fraction of sp³-hybridized carbons (Fsp3) is 0.700. The monoisotopic (exact) mass is 369 g/mol. The number of aryl methyl sites for hydroxylation is 1. The normalized spacial score (nSPS) is 20.2. The first-order chi connectivity index (χ1) is 13.2. The van der Waals surface area contributed by atoms with Crippen molar-refractivity contribution in [2.45, 2.75) is 58.0 Å². The van der Waals surface area contributed by atoms with E-state index in [4.69, 9.17) is 0 Å². The first kappa shape index (κ1) is 18.5. The smallest absolute Gasteiger partial charge is 0.146 e. The highest BCUT2D eigenvalue weighted by Crippen LogP contribution is 2.27. The molecule has 2 aromatic heterocycles. The third-order valence-electron chi connectivity index (χ3n) is 6.01. The van der Waals surface area contributed by atoms with Crippen LogP contribution in [0.5, 0.6) is 0 Å². The number of hydrogen-bond acceptors (Lipinski definition) is 6. The van der Waals surface area contributed by atoms with Crippen LogP contribution in [0.4, 0.5) is 0 Å². The molecule has 2 fully saturated rings. The summed E-state index contributed by atoms with van der Waals surface area (Å²) in [7, 11) is 2.14. The van der Waals surface area contributed by atoms with E-state index in [0.717, 1.165) is 50.7 Å². The lowest BCUT2D eigenvalue weighted by Gasteiger charge is -2.31. The van der Waals surface area contributed by atoms with Gasteiger partial charge in [-0.05, 0) is 58.8 Å². The van der Waals surface area contributed by atoms with E-state index >= 15 is 0 Å². The maximum absolute atomic E-state index is 4.57. The van der Waals surface area contributed by atoms with Crippen molar-refractivity contribution < 1.29 is 0 Å². The highest BCUT2D eigenvalue weighted by molar-refractivity contribution is 5.07. The van der Waals surface area contributed by atoms with E-state index < -0.39 is 0 Å². The van der Waals surface area contributed by atoms with Crippen LogP contribution in [0, 0.1) is 6.92 Å². The van der Waals surface area contributed by atoms with Crippen LogP contribution in [-0.2, 0) is 20.1 Å². The summed E-state index contributed by atoms with van der Waals surface area (Å²) < 4.78 is 2.25. The van der Waals surface area contributed by atoms with Crippen LogP contribution in [-0.4, -0.2) is 60.7 Å². The highest BCUT2D eigenvalue weighted by atomic mass is 15.3. The van der Waals surface area contributed by atoms with Crippen LogP contribution in [0.15, 0.2) is 12.4 Å². The summed E-state index contributed by atoms with van der Waals surface area (Å²) >= 11 is 0. The lowest BCUT2D eigenvalue weighted by Crippen LogP contribution is -2.33. The summed E-state index contributed by atoms with van der Waals surface area (Å²) in [5.74, 6) is 3.63. The Balaban J connectivity index is 1.32. The summed E-state index contributed by atoms with van der Waals surface area (Å²) in [6, 6.07) is 0. The van der Waals surface area contributed by atoms with Crippen LogP contribution >= 0.6 is 0 Å². The van der Waals surface area contributed by atoms with Crippen LogP contribution in [0.1, 0.15) is 61.1 Å². The van der Waals surface area contributed by atoms with Gasteiger partial charge in [0.05, 0.1) is 6.54 Å². The maximum Gasteiger partial charge on any atom is 0.146 e. The van der Waals surface area contributed by atoms with Crippen LogP contribution in [0.2, 0.25) is 0 Å². The molecule has 0 bridgehead atoms. The molecular weight excluding hydrogens is 338 g/mol. The number of hydrogen-bond donors (Lipinski definition) is 0. The zero-order valence-electron chi connectivity index (χ0n) is 16.6.